The van der Waals surface area contributed by atoms with Crippen LogP contribution in [0.2, 0.25) is 0 Å². The second kappa shape index (κ2) is 7.53. The number of amides is 1. The van der Waals surface area contributed by atoms with Crippen LogP contribution in [0.4, 0.5) is 10.9 Å². The molecule has 0 aliphatic heterocycles. The fourth-order valence-electron chi connectivity index (χ4n) is 2.57. The number of aromatic nitrogens is 2. The molecule has 1 amide bonds. The first-order valence-electron chi connectivity index (χ1n) is 8.04. The number of rotatable bonds is 5. The molecule has 0 radical (unpaired) electrons. The molecular weight excluding hydrogens is 348 g/mol. The first-order chi connectivity index (χ1) is 12.5. The zero-order chi connectivity index (χ0) is 18.7. The van der Waals surface area contributed by atoms with E-state index in [0.717, 1.165) is 22.6 Å². The molecule has 7 heteroatoms. The predicted molar refractivity (Wildman–Crippen MR) is 105 cm³/mol. The highest BCUT2D eigenvalue weighted by atomic mass is 32.1. The van der Waals surface area contributed by atoms with Gasteiger partial charge in [0.2, 0.25) is 0 Å². The molecule has 0 unspecified atom stereocenters. The van der Waals surface area contributed by atoms with Crippen LogP contribution in [0.5, 0.6) is 5.75 Å². The lowest BCUT2D eigenvalue weighted by Crippen LogP contribution is -2.19. The molecule has 0 aliphatic rings. The van der Waals surface area contributed by atoms with Gasteiger partial charge in [-0.25, -0.2) is 9.97 Å². The third-order valence-electron chi connectivity index (χ3n) is 3.81. The number of carbonyl (C=O) groups is 1. The second-order valence-corrected chi connectivity index (χ2v) is 6.82. The van der Waals surface area contributed by atoms with Crippen LogP contribution in [0.1, 0.15) is 15.9 Å². The number of ether oxygens (including phenoxy) is 1. The van der Waals surface area contributed by atoms with Crippen LogP contribution in [0.15, 0.2) is 41.9 Å². The molecule has 2 heterocycles. The highest BCUT2D eigenvalue weighted by Crippen LogP contribution is 2.33. The van der Waals surface area contributed by atoms with E-state index < -0.39 is 0 Å². The van der Waals surface area contributed by atoms with E-state index in [2.05, 4.69) is 15.3 Å². The van der Waals surface area contributed by atoms with Crippen LogP contribution in [0.25, 0.3) is 11.3 Å². The summed E-state index contributed by atoms with van der Waals surface area (Å²) in [5.41, 5.74) is 3.29. The van der Waals surface area contributed by atoms with Crippen LogP contribution in [-0.2, 0) is 0 Å². The Labute approximate surface area is 156 Å². The van der Waals surface area contributed by atoms with Crippen molar-refractivity contribution in [1.82, 2.24) is 9.97 Å². The summed E-state index contributed by atoms with van der Waals surface area (Å²) in [7, 11) is 5.34. The van der Waals surface area contributed by atoms with E-state index in [1.54, 1.807) is 30.3 Å². The molecule has 1 N–H and O–H groups in total. The van der Waals surface area contributed by atoms with Crippen molar-refractivity contribution in [2.24, 2.45) is 0 Å². The molecule has 0 aliphatic carbocycles. The van der Waals surface area contributed by atoms with E-state index in [1.807, 2.05) is 44.6 Å². The minimum Gasteiger partial charge on any atom is -0.496 e. The quantitative estimate of drug-likeness (QED) is 0.741. The van der Waals surface area contributed by atoms with Crippen molar-refractivity contribution in [1.29, 1.82) is 0 Å². The second-order valence-electron chi connectivity index (χ2n) is 5.96. The van der Waals surface area contributed by atoms with Gasteiger partial charge in [0, 0.05) is 31.2 Å². The van der Waals surface area contributed by atoms with E-state index >= 15 is 0 Å². The Kier molecular flexibility index (Phi) is 5.18. The van der Waals surface area contributed by atoms with E-state index in [4.69, 9.17) is 4.74 Å². The van der Waals surface area contributed by atoms with Gasteiger partial charge in [0.15, 0.2) is 5.13 Å². The van der Waals surface area contributed by atoms with Gasteiger partial charge in [0.25, 0.3) is 5.91 Å². The van der Waals surface area contributed by atoms with E-state index in [-0.39, 0.29) is 5.91 Å². The normalized spacial score (nSPS) is 10.5. The fourth-order valence-corrected chi connectivity index (χ4v) is 3.28. The Balaban J connectivity index is 1.86. The number of thiazole rings is 1. The summed E-state index contributed by atoms with van der Waals surface area (Å²) in [4.78, 5) is 23.2. The summed E-state index contributed by atoms with van der Waals surface area (Å²) in [5, 5.41) is 5.29. The van der Waals surface area contributed by atoms with Crippen LogP contribution in [-0.4, -0.2) is 37.1 Å². The van der Waals surface area contributed by atoms with E-state index in [0.29, 0.717) is 16.5 Å². The van der Waals surface area contributed by atoms with Crippen molar-refractivity contribution in [2.75, 3.05) is 31.4 Å². The molecule has 26 heavy (non-hydrogen) atoms. The number of benzene rings is 1. The third kappa shape index (κ3) is 3.67. The summed E-state index contributed by atoms with van der Waals surface area (Å²) in [6, 6.07) is 9.41. The largest absolute Gasteiger partial charge is 0.496 e. The number of methoxy groups -OCH3 is 1. The minimum atomic E-state index is -0.237. The first kappa shape index (κ1) is 17.9. The average Bonchev–Trinajstić information content (AvgIpc) is 3.10. The first-order valence-corrected chi connectivity index (χ1v) is 8.92. The number of carbonyl (C=O) groups excluding carboxylic acids is 1. The SMILES string of the molecule is COc1ccc(C)cc1-c1csc(NC(=O)c2cccnc2N(C)C)n1. The zero-order valence-electron chi connectivity index (χ0n) is 15.1. The van der Waals surface area contributed by atoms with Gasteiger partial charge in [0.1, 0.15) is 11.6 Å². The van der Waals surface area contributed by atoms with Gasteiger partial charge in [-0.1, -0.05) is 11.6 Å². The molecule has 0 fully saturated rings. The maximum atomic E-state index is 12.6. The Hall–Kier alpha value is -2.93. The van der Waals surface area contributed by atoms with Crippen LogP contribution in [0, 0.1) is 6.92 Å². The Morgan fingerprint density at radius 3 is 2.81 bits per heavy atom. The summed E-state index contributed by atoms with van der Waals surface area (Å²) in [6.07, 6.45) is 1.66. The summed E-state index contributed by atoms with van der Waals surface area (Å²) >= 11 is 1.37. The lowest BCUT2D eigenvalue weighted by molar-refractivity contribution is 0.102. The maximum absolute atomic E-state index is 12.6. The van der Waals surface area contributed by atoms with Gasteiger partial charge in [0.05, 0.1) is 18.4 Å². The molecular formula is C19H20N4O2S. The van der Waals surface area contributed by atoms with Crippen LogP contribution >= 0.6 is 11.3 Å². The number of hydrogen-bond donors (Lipinski definition) is 1. The highest BCUT2D eigenvalue weighted by Gasteiger charge is 2.16. The van der Waals surface area contributed by atoms with Gasteiger partial charge < -0.3 is 9.64 Å². The Morgan fingerprint density at radius 2 is 2.08 bits per heavy atom. The van der Waals surface area contributed by atoms with Crippen molar-refractivity contribution in [3.05, 3.63) is 53.0 Å². The molecule has 134 valence electrons. The Bertz CT molecular complexity index is 937. The number of aryl methyl sites for hydroxylation is 1. The molecule has 3 rings (SSSR count). The van der Waals surface area contributed by atoms with Crippen molar-refractivity contribution >= 4 is 28.2 Å². The lowest BCUT2D eigenvalue weighted by atomic mass is 10.1. The van der Waals surface area contributed by atoms with Gasteiger partial charge in [-0.15, -0.1) is 11.3 Å². The van der Waals surface area contributed by atoms with Crippen molar-refractivity contribution in [3.8, 4) is 17.0 Å². The number of pyridine rings is 1. The third-order valence-corrected chi connectivity index (χ3v) is 4.57. The summed E-state index contributed by atoms with van der Waals surface area (Å²) in [5.74, 6) is 1.13. The lowest BCUT2D eigenvalue weighted by Gasteiger charge is -2.14. The van der Waals surface area contributed by atoms with E-state index in [1.165, 1.54) is 11.3 Å². The highest BCUT2D eigenvalue weighted by molar-refractivity contribution is 7.14. The minimum absolute atomic E-state index is 0.237. The zero-order valence-corrected chi connectivity index (χ0v) is 15.9. The summed E-state index contributed by atoms with van der Waals surface area (Å²) < 4.78 is 5.42. The molecule has 0 spiro atoms. The van der Waals surface area contributed by atoms with Crippen molar-refractivity contribution < 1.29 is 9.53 Å². The van der Waals surface area contributed by atoms with Crippen LogP contribution < -0.4 is 15.0 Å². The molecule has 6 nitrogen and oxygen atoms in total. The fraction of sp³-hybridized carbons (Fsp3) is 0.211. The monoisotopic (exact) mass is 368 g/mol. The summed E-state index contributed by atoms with van der Waals surface area (Å²) in [6.45, 7) is 2.02. The molecule has 2 aromatic heterocycles. The average molecular weight is 368 g/mol. The van der Waals surface area contributed by atoms with Gasteiger partial charge >= 0.3 is 0 Å². The molecule has 0 atom stereocenters. The number of hydrogen-bond acceptors (Lipinski definition) is 6. The molecule has 1 aromatic carbocycles. The molecule has 3 aromatic rings. The number of anilines is 2. The number of nitrogens with one attached hydrogen (secondary N) is 1. The smallest absolute Gasteiger partial charge is 0.261 e. The molecule has 0 bridgehead atoms. The Morgan fingerprint density at radius 1 is 1.27 bits per heavy atom. The van der Waals surface area contributed by atoms with Gasteiger partial charge in [-0.2, -0.15) is 0 Å². The van der Waals surface area contributed by atoms with E-state index in [9.17, 15) is 4.79 Å². The molecule has 0 saturated heterocycles. The van der Waals surface area contributed by atoms with Gasteiger partial charge in [-0.05, 0) is 31.2 Å². The van der Waals surface area contributed by atoms with Crippen LogP contribution in [0.3, 0.4) is 0 Å². The van der Waals surface area contributed by atoms with Gasteiger partial charge in [-0.3, -0.25) is 10.1 Å². The van der Waals surface area contributed by atoms with Crippen molar-refractivity contribution in [2.45, 2.75) is 6.92 Å². The van der Waals surface area contributed by atoms with Crippen molar-refractivity contribution in [3.63, 3.8) is 0 Å². The number of nitrogens with zero attached hydrogens (tertiary/aromatic N) is 3. The topological polar surface area (TPSA) is 67.3 Å². The maximum Gasteiger partial charge on any atom is 0.261 e. The molecule has 0 saturated carbocycles. The predicted octanol–water partition coefficient (Wildman–Crippen LogP) is 3.84. The standard InChI is InChI=1S/C19H20N4O2S/c1-12-7-8-16(25-4)14(10-12)15-11-26-19(21-15)22-18(24)13-6-5-9-20-17(13)23(2)3/h5-11H,1-4H3,(H,21,22,24).